The number of nitrogens with zero attached hydrogens (tertiary/aromatic N) is 3. The largest absolute Gasteiger partial charge is 0.345 e. The molecular weight excluding hydrogens is 292 g/mol. The van der Waals surface area contributed by atoms with Gasteiger partial charge < -0.3 is 10.2 Å². The molecule has 1 saturated heterocycles. The Labute approximate surface area is 135 Å². The van der Waals surface area contributed by atoms with E-state index in [-0.39, 0.29) is 24.2 Å². The molecule has 6 nitrogen and oxygen atoms in total. The van der Waals surface area contributed by atoms with E-state index >= 15 is 0 Å². The first-order valence-electron chi connectivity index (χ1n) is 7.64. The molecule has 0 unspecified atom stereocenters. The highest BCUT2D eigenvalue weighted by Gasteiger charge is 2.32. The molecule has 1 atom stereocenters. The fourth-order valence-electron chi connectivity index (χ4n) is 2.91. The second kappa shape index (κ2) is 5.87. The average molecular weight is 312 g/mol. The monoisotopic (exact) mass is 312 g/mol. The molecule has 0 spiro atoms. The number of aromatic nitrogens is 2. The fraction of sp³-hybridized carbons (Fsp3) is 0.353. The van der Waals surface area contributed by atoms with Crippen molar-refractivity contribution in [2.75, 3.05) is 18.9 Å². The molecule has 1 N–H and O–H groups in total. The summed E-state index contributed by atoms with van der Waals surface area (Å²) in [6.45, 7) is 4.26. The maximum Gasteiger partial charge on any atom is 0.229 e. The van der Waals surface area contributed by atoms with Crippen LogP contribution in [-0.4, -0.2) is 40.1 Å². The number of carbonyl (C=O) groups is 2. The number of likely N-dealkylation sites (tertiary alicyclic amines) is 1. The SMILES string of the molecule is Cc1nn(-c2ccccc2)c(C)c1NC(=O)[C@@H]1CC(=O)N(C)C1. The summed E-state index contributed by atoms with van der Waals surface area (Å²) in [5.74, 6) is -0.411. The Hall–Kier alpha value is -2.63. The molecule has 6 heteroatoms. The van der Waals surface area contributed by atoms with Gasteiger partial charge in [0.15, 0.2) is 0 Å². The molecule has 120 valence electrons. The summed E-state index contributed by atoms with van der Waals surface area (Å²) in [6, 6.07) is 9.78. The zero-order valence-electron chi connectivity index (χ0n) is 13.5. The van der Waals surface area contributed by atoms with Gasteiger partial charge in [0.05, 0.1) is 28.7 Å². The molecule has 1 aliphatic rings. The highest BCUT2D eigenvalue weighted by atomic mass is 16.2. The van der Waals surface area contributed by atoms with Crippen molar-refractivity contribution >= 4 is 17.5 Å². The molecule has 1 fully saturated rings. The van der Waals surface area contributed by atoms with Gasteiger partial charge in [-0.15, -0.1) is 0 Å². The number of rotatable bonds is 3. The fourth-order valence-corrected chi connectivity index (χ4v) is 2.91. The third-order valence-electron chi connectivity index (χ3n) is 4.25. The minimum Gasteiger partial charge on any atom is -0.345 e. The van der Waals surface area contributed by atoms with E-state index in [9.17, 15) is 9.59 Å². The van der Waals surface area contributed by atoms with Crippen LogP contribution in [0.15, 0.2) is 30.3 Å². The van der Waals surface area contributed by atoms with Gasteiger partial charge >= 0.3 is 0 Å². The van der Waals surface area contributed by atoms with Crippen LogP contribution in [0.1, 0.15) is 17.8 Å². The van der Waals surface area contributed by atoms with Gasteiger partial charge in [0.25, 0.3) is 0 Å². The summed E-state index contributed by atoms with van der Waals surface area (Å²) in [6.07, 6.45) is 0.271. The number of para-hydroxylation sites is 1. The van der Waals surface area contributed by atoms with Gasteiger partial charge in [-0.2, -0.15) is 5.10 Å². The van der Waals surface area contributed by atoms with Gasteiger partial charge in [-0.1, -0.05) is 18.2 Å². The lowest BCUT2D eigenvalue weighted by Gasteiger charge is -2.11. The van der Waals surface area contributed by atoms with Crippen molar-refractivity contribution in [1.82, 2.24) is 14.7 Å². The number of nitrogens with one attached hydrogen (secondary N) is 1. The zero-order valence-corrected chi connectivity index (χ0v) is 13.5. The van der Waals surface area contributed by atoms with Crippen LogP contribution >= 0.6 is 0 Å². The summed E-state index contributed by atoms with van der Waals surface area (Å²) in [5.41, 5.74) is 3.31. The molecule has 3 rings (SSSR count). The molecule has 1 aromatic heterocycles. The molecule has 23 heavy (non-hydrogen) atoms. The molecule has 2 amide bonds. The normalized spacial score (nSPS) is 17.6. The Morgan fingerprint density at radius 3 is 2.57 bits per heavy atom. The third kappa shape index (κ3) is 2.84. The van der Waals surface area contributed by atoms with Crippen molar-refractivity contribution in [2.45, 2.75) is 20.3 Å². The average Bonchev–Trinajstić information content (AvgIpc) is 3.02. The lowest BCUT2D eigenvalue weighted by atomic mass is 10.1. The molecule has 0 bridgehead atoms. The molecule has 1 aromatic carbocycles. The van der Waals surface area contributed by atoms with E-state index in [2.05, 4.69) is 10.4 Å². The molecule has 1 aliphatic heterocycles. The highest BCUT2D eigenvalue weighted by molar-refractivity contribution is 5.97. The molecule has 0 aliphatic carbocycles. The van der Waals surface area contributed by atoms with Gasteiger partial charge in [0.1, 0.15) is 0 Å². The van der Waals surface area contributed by atoms with Gasteiger partial charge in [0, 0.05) is 20.0 Å². The number of carbonyl (C=O) groups excluding carboxylic acids is 2. The van der Waals surface area contributed by atoms with Crippen molar-refractivity contribution in [2.24, 2.45) is 5.92 Å². The lowest BCUT2D eigenvalue weighted by molar-refractivity contribution is -0.127. The van der Waals surface area contributed by atoms with Gasteiger partial charge in [0.2, 0.25) is 11.8 Å². The van der Waals surface area contributed by atoms with Crippen molar-refractivity contribution in [3.63, 3.8) is 0 Å². The molecular formula is C17H20N4O2. The summed E-state index contributed by atoms with van der Waals surface area (Å²) in [4.78, 5) is 25.6. The van der Waals surface area contributed by atoms with E-state index in [1.54, 1.807) is 11.9 Å². The quantitative estimate of drug-likeness (QED) is 0.941. The highest BCUT2D eigenvalue weighted by Crippen LogP contribution is 2.25. The van der Waals surface area contributed by atoms with Crippen LogP contribution < -0.4 is 5.32 Å². The summed E-state index contributed by atoms with van der Waals surface area (Å²) < 4.78 is 1.82. The van der Waals surface area contributed by atoms with E-state index in [1.807, 2.05) is 48.9 Å². The molecule has 0 saturated carbocycles. The van der Waals surface area contributed by atoms with Crippen molar-refractivity contribution < 1.29 is 9.59 Å². The van der Waals surface area contributed by atoms with Crippen LogP contribution in [0, 0.1) is 19.8 Å². The van der Waals surface area contributed by atoms with Crippen molar-refractivity contribution in [1.29, 1.82) is 0 Å². The topological polar surface area (TPSA) is 67.2 Å². The van der Waals surface area contributed by atoms with Crippen molar-refractivity contribution in [3.05, 3.63) is 41.7 Å². The number of amides is 2. The van der Waals surface area contributed by atoms with Gasteiger partial charge in [-0.05, 0) is 26.0 Å². The summed E-state index contributed by atoms with van der Waals surface area (Å²) in [7, 11) is 1.72. The first kappa shape index (κ1) is 15.3. The van der Waals surface area contributed by atoms with Crippen LogP contribution in [-0.2, 0) is 9.59 Å². The Kier molecular flexibility index (Phi) is 3.90. The predicted octanol–water partition coefficient (Wildman–Crippen LogP) is 1.91. The number of anilines is 1. The van der Waals surface area contributed by atoms with Crippen LogP contribution in [0.4, 0.5) is 5.69 Å². The smallest absolute Gasteiger partial charge is 0.229 e. The Morgan fingerprint density at radius 2 is 1.96 bits per heavy atom. The minimum absolute atomic E-state index is 0.0126. The predicted molar refractivity (Wildman–Crippen MR) is 87.4 cm³/mol. The van der Waals surface area contributed by atoms with Crippen molar-refractivity contribution in [3.8, 4) is 5.69 Å². The number of aryl methyl sites for hydroxylation is 1. The lowest BCUT2D eigenvalue weighted by Crippen LogP contribution is -2.26. The van der Waals surface area contributed by atoms with Crippen LogP contribution in [0.5, 0.6) is 0 Å². The molecule has 0 radical (unpaired) electrons. The third-order valence-corrected chi connectivity index (χ3v) is 4.25. The second-order valence-corrected chi connectivity index (χ2v) is 5.96. The van der Waals surface area contributed by atoms with E-state index in [1.165, 1.54) is 0 Å². The van der Waals surface area contributed by atoms with Crippen LogP contribution in [0.2, 0.25) is 0 Å². The maximum atomic E-state index is 12.4. The minimum atomic E-state index is -0.300. The van der Waals surface area contributed by atoms with E-state index < -0.39 is 0 Å². The zero-order chi connectivity index (χ0) is 16.6. The number of hydrogen-bond acceptors (Lipinski definition) is 3. The van der Waals surface area contributed by atoms with E-state index in [0.29, 0.717) is 6.54 Å². The molecule has 2 aromatic rings. The Balaban J connectivity index is 1.83. The van der Waals surface area contributed by atoms with Gasteiger partial charge in [-0.25, -0.2) is 4.68 Å². The number of hydrogen-bond donors (Lipinski definition) is 1. The van der Waals surface area contributed by atoms with Gasteiger partial charge in [-0.3, -0.25) is 9.59 Å². The Bertz CT molecular complexity index is 751. The first-order valence-corrected chi connectivity index (χ1v) is 7.64. The first-order chi connectivity index (χ1) is 11.0. The Morgan fingerprint density at radius 1 is 1.26 bits per heavy atom. The van der Waals surface area contributed by atoms with Crippen LogP contribution in [0.3, 0.4) is 0 Å². The molecule has 2 heterocycles. The summed E-state index contributed by atoms with van der Waals surface area (Å²) in [5, 5.41) is 7.47. The number of benzene rings is 1. The second-order valence-electron chi connectivity index (χ2n) is 5.96. The van der Waals surface area contributed by atoms with E-state index in [0.717, 1.165) is 22.8 Å². The van der Waals surface area contributed by atoms with E-state index in [4.69, 9.17) is 0 Å². The summed E-state index contributed by atoms with van der Waals surface area (Å²) >= 11 is 0. The standard InChI is InChI=1S/C17H20N4O2/c1-11-16(18-17(23)13-9-15(22)20(3)10-13)12(2)21(19-11)14-7-5-4-6-8-14/h4-8,13H,9-10H2,1-3H3,(H,18,23)/t13-/m1/s1. The maximum absolute atomic E-state index is 12.4. The van der Waals surface area contributed by atoms with Crippen LogP contribution in [0.25, 0.3) is 5.69 Å².